The summed E-state index contributed by atoms with van der Waals surface area (Å²) in [5.41, 5.74) is 4.85. The van der Waals surface area contributed by atoms with E-state index in [4.69, 9.17) is 23.2 Å². The zero-order valence-electron chi connectivity index (χ0n) is 18.3. The maximum atomic E-state index is 6.15. The van der Waals surface area contributed by atoms with Crippen LogP contribution in [0.1, 0.15) is 5.69 Å². The Morgan fingerprint density at radius 3 is 2.03 bits per heavy atom. The van der Waals surface area contributed by atoms with Gasteiger partial charge in [-0.15, -0.1) is 5.10 Å². The van der Waals surface area contributed by atoms with E-state index in [1.807, 2.05) is 53.5 Å². The summed E-state index contributed by atoms with van der Waals surface area (Å²) in [7, 11) is 0. The van der Waals surface area contributed by atoms with Gasteiger partial charge in [-0.2, -0.15) is 0 Å². The van der Waals surface area contributed by atoms with E-state index in [1.54, 1.807) is 6.20 Å². The lowest BCUT2D eigenvalue weighted by Gasteiger charge is -2.36. The first kappa shape index (κ1) is 21.3. The Morgan fingerprint density at radius 2 is 1.35 bits per heavy atom. The molecule has 0 atom stereocenters. The van der Waals surface area contributed by atoms with Crippen molar-refractivity contribution in [2.75, 3.05) is 31.1 Å². The van der Waals surface area contributed by atoms with Gasteiger partial charge < -0.3 is 4.90 Å². The number of hydrogen-bond donors (Lipinski definition) is 0. The monoisotopic (exact) mass is 489 g/mol. The summed E-state index contributed by atoms with van der Waals surface area (Å²) in [6.07, 6.45) is 5.62. The largest absolute Gasteiger partial charge is 0.368 e. The second-order valence-electron chi connectivity index (χ2n) is 8.40. The van der Waals surface area contributed by atoms with Crippen LogP contribution in [-0.4, -0.2) is 56.0 Å². The molecule has 1 saturated heterocycles. The number of aromatic nitrogens is 5. The summed E-state index contributed by atoms with van der Waals surface area (Å²) >= 11 is 12.3. The fourth-order valence-electron chi connectivity index (χ4n) is 4.55. The van der Waals surface area contributed by atoms with E-state index in [0.717, 1.165) is 65.9 Å². The molecule has 170 valence electrons. The summed E-state index contributed by atoms with van der Waals surface area (Å²) in [4.78, 5) is 13.7. The summed E-state index contributed by atoms with van der Waals surface area (Å²) in [6.45, 7) is 4.52. The first-order valence-corrected chi connectivity index (χ1v) is 11.9. The molecule has 0 radical (unpaired) electrons. The highest BCUT2D eigenvalue weighted by Gasteiger charge is 2.20. The average molecular weight is 490 g/mol. The van der Waals surface area contributed by atoms with Gasteiger partial charge in [-0.1, -0.05) is 28.4 Å². The van der Waals surface area contributed by atoms with Crippen LogP contribution in [0.25, 0.3) is 27.5 Å². The number of fused-ring (bicyclic) bond motifs is 2. The van der Waals surface area contributed by atoms with Gasteiger partial charge in [0.25, 0.3) is 0 Å². The van der Waals surface area contributed by atoms with Crippen molar-refractivity contribution >= 4 is 50.7 Å². The van der Waals surface area contributed by atoms with Crippen LogP contribution in [0.2, 0.25) is 10.0 Å². The van der Waals surface area contributed by atoms with Gasteiger partial charge in [0, 0.05) is 71.6 Å². The third kappa shape index (κ3) is 4.07. The number of nitrogens with zero attached hydrogens (tertiary/aromatic N) is 7. The molecule has 0 aliphatic carbocycles. The summed E-state index contributed by atoms with van der Waals surface area (Å²) < 4.78 is 1.82. The zero-order chi connectivity index (χ0) is 23.1. The molecular weight excluding hydrogens is 469 g/mol. The molecule has 0 unspecified atom stereocenters. The number of hydrogen-bond acceptors (Lipinski definition) is 6. The van der Waals surface area contributed by atoms with Crippen LogP contribution in [-0.2, 0) is 6.54 Å². The first-order chi connectivity index (χ1) is 16.6. The maximum absolute atomic E-state index is 6.15. The van der Waals surface area contributed by atoms with Crippen molar-refractivity contribution in [2.24, 2.45) is 0 Å². The third-order valence-corrected chi connectivity index (χ3v) is 6.72. The molecule has 0 saturated carbocycles. The fourth-order valence-corrected chi connectivity index (χ4v) is 4.89. The van der Waals surface area contributed by atoms with Crippen LogP contribution in [0.15, 0.2) is 67.1 Å². The Hall–Kier alpha value is -3.26. The molecule has 9 heteroatoms. The van der Waals surface area contributed by atoms with E-state index >= 15 is 0 Å². The highest BCUT2D eigenvalue weighted by atomic mass is 35.5. The van der Waals surface area contributed by atoms with Gasteiger partial charge >= 0.3 is 0 Å². The summed E-state index contributed by atoms with van der Waals surface area (Å²) in [5, 5.41) is 12.3. The second-order valence-corrected chi connectivity index (χ2v) is 9.27. The van der Waals surface area contributed by atoms with Crippen LogP contribution in [0.4, 0.5) is 5.69 Å². The number of benzene rings is 2. The molecular formula is C25H21Cl2N7. The molecule has 3 aromatic heterocycles. The molecule has 2 aromatic carbocycles. The molecule has 5 aromatic rings. The van der Waals surface area contributed by atoms with E-state index < -0.39 is 0 Å². The van der Waals surface area contributed by atoms with E-state index in [0.29, 0.717) is 10.0 Å². The van der Waals surface area contributed by atoms with Gasteiger partial charge in [0.2, 0.25) is 0 Å². The molecule has 6 rings (SSSR count). The molecule has 1 aliphatic rings. The van der Waals surface area contributed by atoms with Gasteiger partial charge in [0.05, 0.1) is 28.6 Å². The van der Waals surface area contributed by atoms with Gasteiger partial charge in [-0.05, 0) is 48.5 Å². The lowest BCUT2D eigenvalue weighted by Crippen LogP contribution is -2.46. The SMILES string of the molecule is Clc1ccc2c(N3CCN(Cc4cn(-c5ccnc6cc(Cl)ccc56)nn4)CC3)ccnc2c1. The van der Waals surface area contributed by atoms with Crippen molar-refractivity contribution in [3.05, 3.63) is 82.9 Å². The number of piperazine rings is 1. The minimum absolute atomic E-state index is 0.666. The van der Waals surface area contributed by atoms with Crippen molar-refractivity contribution in [1.82, 2.24) is 29.9 Å². The lowest BCUT2D eigenvalue weighted by molar-refractivity contribution is 0.247. The molecule has 0 bridgehead atoms. The lowest BCUT2D eigenvalue weighted by atomic mass is 10.1. The van der Waals surface area contributed by atoms with Gasteiger partial charge in [-0.3, -0.25) is 14.9 Å². The molecule has 1 aliphatic heterocycles. The van der Waals surface area contributed by atoms with Crippen molar-refractivity contribution in [2.45, 2.75) is 6.54 Å². The minimum atomic E-state index is 0.666. The van der Waals surface area contributed by atoms with E-state index in [2.05, 4.69) is 42.2 Å². The third-order valence-electron chi connectivity index (χ3n) is 6.25. The van der Waals surface area contributed by atoms with Crippen molar-refractivity contribution in [1.29, 1.82) is 0 Å². The zero-order valence-corrected chi connectivity index (χ0v) is 19.8. The Kier molecular flexibility index (Phi) is 5.53. The first-order valence-electron chi connectivity index (χ1n) is 11.1. The molecule has 1 fully saturated rings. The Bertz CT molecular complexity index is 1490. The molecule has 34 heavy (non-hydrogen) atoms. The maximum Gasteiger partial charge on any atom is 0.0971 e. The standard InChI is InChI=1S/C25H21Cl2N7/c26-17-1-3-20-22(13-17)28-7-5-24(20)33-11-9-32(10-12-33)15-19-16-34(31-30-19)25-6-8-29-23-14-18(27)2-4-21(23)25/h1-8,13-14,16H,9-12,15H2. The second kappa shape index (κ2) is 8.83. The Morgan fingerprint density at radius 1 is 0.735 bits per heavy atom. The topological polar surface area (TPSA) is 63.0 Å². The highest BCUT2D eigenvalue weighted by Crippen LogP contribution is 2.28. The van der Waals surface area contributed by atoms with E-state index in [-0.39, 0.29) is 0 Å². The van der Waals surface area contributed by atoms with Crippen molar-refractivity contribution in [3.8, 4) is 5.69 Å². The molecule has 0 N–H and O–H groups in total. The average Bonchev–Trinajstić information content (AvgIpc) is 3.31. The Labute approximate surface area is 206 Å². The summed E-state index contributed by atoms with van der Waals surface area (Å²) in [6, 6.07) is 15.6. The fraction of sp³-hybridized carbons (Fsp3) is 0.200. The van der Waals surface area contributed by atoms with Crippen LogP contribution < -0.4 is 4.90 Å². The number of rotatable bonds is 4. The van der Waals surface area contributed by atoms with Gasteiger partial charge in [0.15, 0.2) is 0 Å². The molecule has 4 heterocycles. The minimum Gasteiger partial charge on any atom is -0.368 e. The summed E-state index contributed by atoms with van der Waals surface area (Å²) in [5.74, 6) is 0. The van der Waals surface area contributed by atoms with Crippen LogP contribution >= 0.6 is 23.2 Å². The van der Waals surface area contributed by atoms with Crippen LogP contribution in [0.5, 0.6) is 0 Å². The van der Waals surface area contributed by atoms with Crippen LogP contribution in [0.3, 0.4) is 0 Å². The predicted octanol–water partition coefficient (Wildman–Crippen LogP) is 4.99. The quantitative estimate of drug-likeness (QED) is 0.354. The van der Waals surface area contributed by atoms with E-state index in [9.17, 15) is 0 Å². The van der Waals surface area contributed by atoms with Crippen LogP contribution in [0, 0.1) is 0 Å². The Balaban J connectivity index is 1.16. The van der Waals surface area contributed by atoms with Crippen molar-refractivity contribution in [3.63, 3.8) is 0 Å². The molecule has 0 amide bonds. The molecule has 7 nitrogen and oxygen atoms in total. The normalized spacial score (nSPS) is 14.8. The van der Waals surface area contributed by atoms with Gasteiger partial charge in [0.1, 0.15) is 0 Å². The number of anilines is 1. The smallest absolute Gasteiger partial charge is 0.0971 e. The van der Waals surface area contributed by atoms with Crippen molar-refractivity contribution < 1.29 is 0 Å². The van der Waals surface area contributed by atoms with Gasteiger partial charge in [-0.25, -0.2) is 4.68 Å². The van der Waals surface area contributed by atoms with E-state index in [1.165, 1.54) is 5.69 Å². The number of pyridine rings is 2. The number of halogens is 2. The molecule has 0 spiro atoms. The predicted molar refractivity (Wildman–Crippen MR) is 136 cm³/mol. The highest BCUT2D eigenvalue weighted by molar-refractivity contribution is 6.31.